The Hall–Kier alpha value is -2.38. The zero-order valence-electron chi connectivity index (χ0n) is 20.2. The fourth-order valence-electron chi connectivity index (χ4n) is 4.18. The number of hydrogen-bond acceptors (Lipinski definition) is 5. The molecule has 0 aliphatic carbocycles. The monoisotopic (exact) mass is 483 g/mol. The molecule has 2 atom stereocenters. The first-order valence-electron chi connectivity index (χ1n) is 12.0. The molecule has 0 amide bonds. The van der Waals surface area contributed by atoms with Gasteiger partial charge in [-0.15, -0.1) is 0 Å². The van der Waals surface area contributed by atoms with Crippen LogP contribution in [0.15, 0.2) is 54.6 Å². The van der Waals surface area contributed by atoms with Crippen molar-refractivity contribution in [2.45, 2.75) is 52.4 Å². The number of aliphatic hydroxyl groups excluding tert-OH is 1. The minimum Gasteiger partial charge on any atom is -0.437 e. The molecule has 4 rings (SSSR count). The molecule has 1 aromatic heterocycles. The number of hydrogen-bond donors (Lipinski definition) is 1. The van der Waals surface area contributed by atoms with Crippen molar-refractivity contribution in [1.29, 1.82) is 0 Å². The molecule has 0 radical (unpaired) electrons. The van der Waals surface area contributed by atoms with E-state index in [2.05, 4.69) is 4.90 Å². The lowest BCUT2D eigenvalue weighted by molar-refractivity contribution is 0.0327. The number of rotatable bonds is 10. The van der Waals surface area contributed by atoms with Crippen LogP contribution in [-0.4, -0.2) is 51.7 Å². The Balaban J connectivity index is 1.70. The van der Waals surface area contributed by atoms with E-state index in [9.17, 15) is 5.11 Å². The van der Waals surface area contributed by atoms with Crippen LogP contribution in [0.25, 0.3) is 5.69 Å². The lowest BCUT2D eigenvalue weighted by atomic mass is 10.1. The van der Waals surface area contributed by atoms with E-state index in [1.54, 1.807) is 0 Å². The lowest BCUT2D eigenvalue weighted by Gasteiger charge is -2.29. The second-order valence-electron chi connectivity index (χ2n) is 9.29. The third kappa shape index (κ3) is 5.99. The average molecular weight is 484 g/mol. The van der Waals surface area contributed by atoms with Gasteiger partial charge in [0.15, 0.2) is 0 Å². The van der Waals surface area contributed by atoms with E-state index in [0.717, 1.165) is 42.9 Å². The van der Waals surface area contributed by atoms with Crippen LogP contribution in [0.2, 0.25) is 5.02 Å². The second-order valence-corrected chi connectivity index (χ2v) is 9.70. The van der Waals surface area contributed by atoms with E-state index in [-0.39, 0.29) is 12.0 Å². The quantitative estimate of drug-likeness (QED) is 0.405. The van der Waals surface area contributed by atoms with Crippen LogP contribution in [0.5, 0.6) is 11.6 Å². The molecule has 0 spiro atoms. The summed E-state index contributed by atoms with van der Waals surface area (Å²) in [4.78, 5) is 2.26. The molecule has 182 valence electrons. The molecule has 2 unspecified atom stereocenters. The number of aryl methyl sites for hydroxylation is 1. The molecular formula is C27H34ClN3O3. The van der Waals surface area contributed by atoms with Gasteiger partial charge in [0.2, 0.25) is 5.88 Å². The zero-order valence-corrected chi connectivity index (χ0v) is 20.9. The summed E-state index contributed by atoms with van der Waals surface area (Å²) in [6.07, 6.45) is 1.87. The van der Waals surface area contributed by atoms with Crippen molar-refractivity contribution >= 4 is 11.6 Å². The third-order valence-corrected chi connectivity index (χ3v) is 6.58. The minimum absolute atomic E-state index is 0.166. The number of halogens is 1. The normalized spacial score (nSPS) is 17.0. The molecule has 7 heteroatoms. The Kier molecular flexibility index (Phi) is 8.27. The highest BCUT2D eigenvalue weighted by Crippen LogP contribution is 2.35. The topological polar surface area (TPSA) is 59.8 Å². The van der Waals surface area contributed by atoms with Gasteiger partial charge >= 0.3 is 0 Å². The number of aromatic nitrogens is 2. The van der Waals surface area contributed by atoms with E-state index in [0.29, 0.717) is 29.7 Å². The van der Waals surface area contributed by atoms with Gasteiger partial charge in [0.25, 0.3) is 0 Å². The van der Waals surface area contributed by atoms with Crippen molar-refractivity contribution in [3.63, 3.8) is 0 Å². The highest BCUT2D eigenvalue weighted by Gasteiger charge is 2.26. The van der Waals surface area contributed by atoms with Gasteiger partial charge in [-0.25, -0.2) is 4.68 Å². The summed E-state index contributed by atoms with van der Waals surface area (Å²) in [6.45, 7) is 8.78. The molecule has 2 heterocycles. The van der Waals surface area contributed by atoms with E-state index >= 15 is 0 Å². The predicted molar refractivity (Wildman–Crippen MR) is 135 cm³/mol. The SMILES string of the molecule is Cc1nn(-c2ccccc2)c(Oc2ccccc2Cl)c1CN(CC1CCCO1)CC(O)C(C)C. The van der Waals surface area contributed by atoms with Crippen LogP contribution >= 0.6 is 11.6 Å². The smallest absolute Gasteiger partial charge is 0.227 e. The van der Waals surface area contributed by atoms with Gasteiger partial charge in [-0.1, -0.05) is 55.8 Å². The number of nitrogens with zero attached hydrogens (tertiary/aromatic N) is 3. The van der Waals surface area contributed by atoms with Gasteiger partial charge in [0.05, 0.1) is 34.2 Å². The van der Waals surface area contributed by atoms with Crippen LogP contribution in [0.1, 0.15) is 37.9 Å². The van der Waals surface area contributed by atoms with Crippen LogP contribution in [0.4, 0.5) is 0 Å². The Morgan fingerprint density at radius 2 is 1.91 bits per heavy atom. The lowest BCUT2D eigenvalue weighted by Crippen LogP contribution is -2.39. The molecule has 1 aliphatic heterocycles. The Morgan fingerprint density at radius 1 is 1.18 bits per heavy atom. The largest absolute Gasteiger partial charge is 0.437 e. The maximum Gasteiger partial charge on any atom is 0.227 e. The van der Waals surface area contributed by atoms with Crippen molar-refractivity contribution < 1.29 is 14.6 Å². The standard InChI is InChI=1S/C27H34ClN3O3/c1-19(2)25(32)18-30(16-22-12-9-15-33-22)17-23-20(3)29-31(21-10-5-4-6-11-21)27(23)34-26-14-8-7-13-24(26)28/h4-8,10-11,13-14,19,22,25,32H,9,12,15-18H2,1-3H3. The Bertz CT molecular complexity index is 1060. The zero-order chi connectivity index (χ0) is 24.1. The highest BCUT2D eigenvalue weighted by atomic mass is 35.5. The molecule has 3 aromatic rings. The molecule has 6 nitrogen and oxygen atoms in total. The summed E-state index contributed by atoms with van der Waals surface area (Å²) < 4.78 is 14.2. The number of para-hydroxylation sites is 2. The number of ether oxygens (including phenoxy) is 2. The fourth-order valence-corrected chi connectivity index (χ4v) is 4.35. The summed E-state index contributed by atoms with van der Waals surface area (Å²) in [5.41, 5.74) is 2.76. The van der Waals surface area contributed by atoms with Crippen LogP contribution in [0, 0.1) is 12.8 Å². The van der Waals surface area contributed by atoms with E-state index in [1.165, 1.54) is 0 Å². The minimum atomic E-state index is -0.432. The first-order valence-corrected chi connectivity index (χ1v) is 12.4. The summed E-state index contributed by atoms with van der Waals surface area (Å²) in [5.74, 6) is 1.38. The van der Waals surface area contributed by atoms with Crippen LogP contribution < -0.4 is 4.74 Å². The van der Waals surface area contributed by atoms with Gasteiger partial charge in [-0.3, -0.25) is 4.90 Å². The Labute approximate surface area is 207 Å². The maximum absolute atomic E-state index is 10.7. The van der Waals surface area contributed by atoms with Crippen molar-refractivity contribution in [3.8, 4) is 17.3 Å². The van der Waals surface area contributed by atoms with Gasteiger partial charge in [0, 0.05) is 26.2 Å². The van der Waals surface area contributed by atoms with Gasteiger partial charge < -0.3 is 14.6 Å². The number of aliphatic hydroxyl groups is 1. The Morgan fingerprint density at radius 3 is 2.59 bits per heavy atom. The number of benzene rings is 2. The van der Waals surface area contributed by atoms with Gasteiger partial charge in [-0.05, 0) is 49.9 Å². The molecule has 1 fully saturated rings. The highest BCUT2D eigenvalue weighted by molar-refractivity contribution is 6.32. The molecule has 34 heavy (non-hydrogen) atoms. The van der Waals surface area contributed by atoms with Crippen molar-refractivity contribution in [3.05, 3.63) is 70.9 Å². The molecular weight excluding hydrogens is 450 g/mol. The van der Waals surface area contributed by atoms with E-state index < -0.39 is 6.10 Å². The maximum atomic E-state index is 10.7. The predicted octanol–water partition coefficient (Wildman–Crippen LogP) is 5.62. The summed E-state index contributed by atoms with van der Waals surface area (Å²) in [6, 6.07) is 17.4. The van der Waals surface area contributed by atoms with Crippen molar-refractivity contribution in [2.75, 3.05) is 19.7 Å². The molecule has 0 bridgehead atoms. The second kappa shape index (κ2) is 11.4. The van der Waals surface area contributed by atoms with Crippen molar-refractivity contribution in [1.82, 2.24) is 14.7 Å². The summed E-state index contributed by atoms with van der Waals surface area (Å²) in [5, 5.41) is 16.1. The third-order valence-electron chi connectivity index (χ3n) is 6.26. The average Bonchev–Trinajstić information content (AvgIpc) is 3.44. The first kappa shape index (κ1) is 24.7. The van der Waals surface area contributed by atoms with E-state index in [4.69, 9.17) is 26.2 Å². The van der Waals surface area contributed by atoms with Crippen LogP contribution in [0.3, 0.4) is 0 Å². The van der Waals surface area contributed by atoms with Crippen LogP contribution in [-0.2, 0) is 11.3 Å². The van der Waals surface area contributed by atoms with Crippen molar-refractivity contribution in [2.24, 2.45) is 5.92 Å². The van der Waals surface area contributed by atoms with E-state index in [1.807, 2.05) is 80.1 Å². The fraction of sp³-hybridized carbons (Fsp3) is 0.444. The molecule has 1 saturated heterocycles. The molecule has 2 aromatic carbocycles. The molecule has 0 saturated carbocycles. The molecule has 1 aliphatic rings. The van der Waals surface area contributed by atoms with Gasteiger partial charge in [0.1, 0.15) is 5.75 Å². The summed E-state index contributed by atoms with van der Waals surface area (Å²) in [7, 11) is 0. The first-order chi connectivity index (χ1) is 16.4. The van der Waals surface area contributed by atoms with Gasteiger partial charge in [-0.2, -0.15) is 5.10 Å². The molecule has 1 N–H and O–H groups in total. The summed E-state index contributed by atoms with van der Waals surface area (Å²) >= 11 is 6.44.